The molecular formula is C10H8N6O. The van der Waals surface area contributed by atoms with Gasteiger partial charge in [-0.25, -0.2) is 9.97 Å². The number of carbonyl (C=O) groups excluding carboxylic acids is 1. The van der Waals surface area contributed by atoms with Crippen LogP contribution in [0.1, 0.15) is 16.2 Å². The lowest BCUT2D eigenvalue weighted by molar-refractivity contribution is 0.100. The number of pyridine rings is 1. The molecular weight excluding hydrogens is 220 g/mol. The Morgan fingerprint density at radius 2 is 2.24 bits per heavy atom. The van der Waals surface area contributed by atoms with Crippen LogP contribution in [0.4, 0.5) is 5.69 Å². The van der Waals surface area contributed by atoms with E-state index < -0.39 is 5.91 Å². The molecule has 2 rings (SSSR count). The number of primary amides is 1. The van der Waals surface area contributed by atoms with Gasteiger partial charge in [-0.2, -0.15) is 5.26 Å². The van der Waals surface area contributed by atoms with E-state index in [2.05, 4.69) is 9.97 Å². The maximum absolute atomic E-state index is 11.1. The highest BCUT2D eigenvalue weighted by Gasteiger charge is 2.11. The smallest absolute Gasteiger partial charge is 0.250 e. The summed E-state index contributed by atoms with van der Waals surface area (Å²) in [6.45, 7) is 0. The molecule has 2 aromatic rings. The van der Waals surface area contributed by atoms with E-state index in [0.29, 0.717) is 5.82 Å². The lowest BCUT2D eigenvalue weighted by atomic mass is 10.2. The molecule has 0 aliphatic carbocycles. The van der Waals surface area contributed by atoms with E-state index in [0.717, 1.165) is 0 Å². The molecule has 2 aromatic heterocycles. The molecule has 0 fully saturated rings. The molecule has 0 aromatic carbocycles. The van der Waals surface area contributed by atoms with Crippen molar-refractivity contribution in [1.29, 1.82) is 5.26 Å². The molecule has 84 valence electrons. The number of rotatable bonds is 2. The van der Waals surface area contributed by atoms with Crippen LogP contribution in [0.5, 0.6) is 0 Å². The highest BCUT2D eigenvalue weighted by atomic mass is 16.1. The van der Waals surface area contributed by atoms with Gasteiger partial charge in [0.25, 0.3) is 5.91 Å². The monoisotopic (exact) mass is 228 g/mol. The molecule has 0 spiro atoms. The van der Waals surface area contributed by atoms with Crippen molar-refractivity contribution in [1.82, 2.24) is 14.5 Å². The third-order valence-corrected chi connectivity index (χ3v) is 2.17. The molecule has 7 nitrogen and oxygen atoms in total. The number of nitrogens with two attached hydrogens (primary N) is 2. The third-order valence-electron chi connectivity index (χ3n) is 2.17. The van der Waals surface area contributed by atoms with E-state index >= 15 is 0 Å². The van der Waals surface area contributed by atoms with E-state index in [4.69, 9.17) is 16.7 Å². The van der Waals surface area contributed by atoms with Gasteiger partial charge in [0.2, 0.25) is 5.82 Å². The van der Waals surface area contributed by atoms with Crippen LogP contribution in [-0.2, 0) is 0 Å². The van der Waals surface area contributed by atoms with Crippen molar-refractivity contribution in [3.05, 3.63) is 36.0 Å². The first-order valence-corrected chi connectivity index (χ1v) is 4.62. The molecule has 2 heterocycles. The normalized spacial score (nSPS) is 9.82. The van der Waals surface area contributed by atoms with Crippen LogP contribution in [-0.4, -0.2) is 20.4 Å². The van der Waals surface area contributed by atoms with Gasteiger partial charge in [-0.05, 0) is 6.07 Å². The fourth-order valence-electron chi connectivity index (χ4n) is 1.37. The Labute approximate surface area is 96.3 Å². The standard InChI is InChI=1S/C10H8N6O/c11-4-9-14-1-2-16(9)8-3-6(10(13)17)7(12)5-15-8/h1-3,5H,12H2,(H2,13,17). The zero-order valence-electron chi connectivity index (χ0n) is 8.66. The molecule has 0 aliphatic heterocycles. The average Bonchev–Trinajstić information content (AvgIpc) is 2.77. The lowest BCUT2D eigenvalue weighted by Crippen LogP contribution is -2.15. The van der Waals surface area contributed by atoms with E-state index in [1.54, 1.807) is 6.20 Å². The maximum atomic E-state index is 11.1. The van der Waals surface area contributed by atoms with Crippen LogP contribution in [0.2, 0.25) is 0 Å². The molecule has 0 radical (unpaired) electrons. The van der Waals surface area contributed by atoms with Crippen molar-refractivity contribution in [2.75, 3.05) is 5.73 Å². The number of nitriles is 1. The van der Waals surface area contributed by atoms with Gasteiger partial charge >= 0.3 is 0 Å². The van der Waals surface area contributed by atoms with Gasteiger partial charge in [0.15, 0.2) is 0 Å². The summed E-state index contributed by atoms with van der Waals surface area (Å²) in [5.74, 6) is -0.121. The van der Waals surface area contributed by atoms with Gasteiger partial charge in [-0.15, -0.1) is 0 Å². The molecule has 0 saturated carbocycles. The van der Waals surface area contributed by atoms with Crippen LogP contribution < -0.4 is 11.5 Å². The van der Waals surface area contributed by atoms with Gasteiger partial charge in [0.05, 0.1) is 17.4 Å². The number of aromatic nitrogens is 3. The van der Waals surface area contributed by atoms with E-state index in [9.17, 15) is 4.79 Å². The van der Waals surface area contributed by atoms with Crippen molar-refractivity contribution >= 4 is 11.6 Å². The van der Waals surface area contributed by atoms with Crippen LogP contribution >= 0.6 is 0 Å². The SMILES string of the molecule is N#Cc1nccn1-c1cc(C(N)=O)c(N)cn1. The number of carbonyl (C=O) groups is 1. The topological polar surface area (TPSA) is 124 Å². The third kappa shape index (κ3) is 1.79. The number of anilines is 1. The Hall–Kier alpha value is -2.88. The first-order valence-electron chi connectivity index (χ1n) is 4.62. The number of amides is 1. The van der Waals surface area contributed by atoms with Crippen LogP contribution in [0.3, 0.4) is 0 Å². The van der Waals surface area contributed by atoms with Crippen molar-refractivity contribution in [2.24, 2.45) is 5.73 Å². The van der Waals surface area contributed by atoms with E-state index in [1.165, 1.54) is 23.0 Å². The second-order valence-corrected chi connectivity index (χ2v) is 3.23. The number of nitrogens with zero attached hydrogens (tertiary/aromatic N) is 4. The van der Waals surface area contributed by atoms with Crippen molar-refractivity contribution in [3.8, 4) is 11.9 Å². The largest absolute Gasteiger partial charge is 0.397 e. The molecule has 4 N–H and O–H groups in total. The summed E-state index contributed by atoms with van der Waals surface area (Å²) in [4.78, 5) is 19.0. The molecule has 7 heteroatoms. The van der Waals surface area contributed by atoms with Gasteiger partial charge in [0, 0.05) is 12.4 Å². The van der Waals surface area contributed by atoms with E-state index in [1.807, 2.05) is 6.07 Å². The zero-order chi connectivity index (χ0) is 12.4. The summed E-state index contributed by atoms with van der Waals surface area (Å²) in [6.07, 6.45) is 4.33. The Kier molecular flexibility index (Phi) is 2.46. The Bertz CT molecular complexity index is 624. The molecule has 1 amide bonds. The molecule has 17 heavy (non-hydrogen) atoms. The average molecular weight is 228 g/mol. The lowest BCUT2D eigenvalue weighted by Gasteiger charge is -2.06. The van der Waals surface area contributed by atoms with Crippen LogP contribution in [0, 0.1) is 11.3 Å². The van der Waals surface area contributed by atoms with Gasteiger partial charge in [-0.1, -0.05) is 0 Å². The Balaban J connectivity index is 2.59. The predicted octanol–water partition coefficient (Wildman–Crippen LogP) is -0.180. The summed E-state index contributed by atoms with van der Waals surface area (Å²) in [5.41, 5.74) is 11.1. The molecule has 0 bridgehead atoms. The molecule has 0 atom stereocenters. The summed E-state index contributed by atoms with van der Waals surface area (Å²) in [5, 5.41) is 8.82. The van der Waals surface area contributed by atoms with Gasteiger partial charge in [-0.3, -0.25) is 9.36 Å². The minimum Gasteiger partial charge on any atom is -0.397 e. The quantitative estimate of drug-likeness (QED) is 0.737. The fraction of sp³-hybridized carbons (Fsp3) is 0. The van der Waals surface area contributed by atoms with Crippen molar-refractivity contribution in [3.63, 3.8) is 0 Å². The van der Waals surface area contributed by atoms with Gasteiger partial charge < -0.3 is 11.5 Å². The molecule has 0 aliphatic rings. The number of hydrogen-bond acceptors (Lipinski definition) is 5. The number of nitrogen functional groups attached to an aromatic ring is 1. The van der Waals surface area contributed by atoms with Crippen LogP contribution in [0.15, 0.2) is 24.7 Å². The second-order valence-electron chi connectivity index (χ2n) is 3.23. The summed E-state index contributed by atoms with van der Waals surface area (Å²) in [6, 6.07) is 3.32. The van der Waals surface area contributed by atoms with Crippen molar-refractivity contribution in [2.45, 2.75) is 0 Å². The highest BCUT2D eigenvalue weighted by Crippen LogP contribution is 2.14. The first kappa shape index (κ1) is 10.6. The minimum absolute atomic E-state index is 0.160. The molecule has 0 unspecified atom stereocenters. The molecule has 0 saturated heterocycles. The fourth-order valence-corrected chi connectivity index (χ4v) is 1.37. The predicted molar refractivity (Wildman–Crippen MR) is 59.0 cm³/mol. The zero-order valence-corrected chi connectivity index (χ0v) is 8.66. The highest BCUT2D eigenvalue weighted by molar-refractivity contribution is 5.98. The van der Waals surface area contributed by atoms with Crippen molar-refractivity contribution < 1.29 is 4.79 Å². The maximum Gasteiger partial charge on any atom is 0.250 e. The summed E-state index contributed by atoms with van der Waals surface area (Å²) in [7, 11) is 0. The summed E-state index contributed by atoms with van der Waals surface area (Å²) >= 11 is 0. The first-order chi connectivity index (χ1) is 8.13. The Morgan fingerprint density at radius 3 is 2.88 bits per heavy atom. The second kappa shape index (κ2) is 3.94. The summed E-state index contributed by atoms with van der Waals surface area (Å²) < 4.78 is 1.44. The number of hydrogen-bond donors (Lipinski definition) is 2. The van der Waals surface area contributed by atoms with Crippen LogP contribution in [0.25, 0.3) is 5.82 Å². The minimum atomic E-state index is -0.648. The number of imidazole rings is 1. The van der Waals surface area contributed by atoms with E-state index in [-0.39, 0.29) is 17.1 Å². The Morgan fingerprint density at radius 1 is 1.47 bits per heavy atom. The van der Waals surface area contributed by atoms with Gasteiger partial charge in [0.1, 0.15) is 11.9 Å².